The highest BCUT2D eigenvalue weighted by atomic mass is 32.2. The van der Waals surface area contributed by atoms with E-state index in [-0.39, 0.29) is 10.8 Å². The van der Waals surface area contributed by atoms with Crippen LogP contribution in [0.2, 0.25) is 0 Å². The van der Waals surface area contributed by atoms with E-state index in [1.165, 1.54) is 12.4 Å². The summed E-state index contributed by atoms with van der Waals surface area (Å²) in [7, 11) is -3.68. The Bertz CT molecular complexity index is 698. The number of sulfonamides is 1. The summed E-state index contributed by atoms with van der Waals surface area (Å²) >= 11 is 0. The minimum Gasteiger partial charge on any atom is -0.490 e. The van der Waals surface area contributed by atoms with E-state index in [2.05, 4.69) is 21.6 Å². The number of anilines is 1. The molecule has 1 N–H and O–H groups in total. The van der Waals surface area contributed by atoms with Gasteiger partial charge in [0.1, 0.15) is 0 Å². The molecule has 0 fully saturated rings. The minimum absolute atomic E-state index is 0.0171. The van der Waals surface area contributed by atoms with E-state index in [1.54, 1.807) is 24.3 Å². The predicted molar refractivity (Wildman–Crippen MR) is 84.4 cm³/mol. The summed E-state index contributed by atoms with van der Waals surface area (Å²) in [5.74, 6) is 0.537. The zero-order valence-corrected chi connectivity index (χ0v) is 13.4. The summed E-state index contributed by atoms with van der Waals surface area (Å²) in [6.07, 6.45) is 4.89. The number of aryl methyl sites for hydroxylation is 1. The third-order valence-electron chi connectivity index (χ3n) is 2.95. The molecule has 2 aromatic rings. The second-order valence-corrected chi connectivity index (χ2v) is 6.55. The van der Waals surface area contributed by atoms with Gasteiger partial charge >= 0.3 is 0 Å². The Morgan fingerprint density at radius 1 is 1.14 bits per heavy atom. The van der Waals surface area contributed by atoms with Crippen LogP contribution in [0, 0.1) is 6.92 Å². The molecule has 0 amide bonds. The Morgan fingerprint density at radius 2 is 1.77 bits per heavy atom. The van der Waals surface area contributed by atoms with Crippen molar-refractivity contribution in [3.63, 3.8) is 0 Å². The van der Waals surface area contributed by atoms with E-state index in [0.717, 1.165) is 18.4 Å². The number of rotatable bonds is 7. The number of unbranched alkanes of at least 4 members (excludes halogenated alkanes) is 1. The number of ether oxygens (including phenoxy) is 1. The third-order valence-corrected chi connectivity index (χ3v) is 4.30. The molecule has 1 heterocycles. The van der Waals surface area contributed by atoms with E-state index in [9.17, 15) is 8.42 Å². The van der Waals surface area contributed by atoms with Gasteiger partial charge in [-0.15, -0.1) is 0 Å². The van der Waals surface area contributed by atoms with Gasteiger partial charge in [0.15, 0.2) is 5.75 Å². The summed E-state index contributed by atoms with van der Waals surface area (Å²) < 4.78 is 32.1. The van der Waals surface area contributed by atoms with Crippen molar-refractivity contribution in [3.05, 3.63) is 42.2 Å². The maximum absolute atomic E-state index is 12.2. The lowest BCUT2D eigenvalue weighted by Crippen LogP contribution is -2.15. The summed E-state index contributed by atoms with van der Waals surface area (Å²) in [5, 5.41) is 0. The smallest absolute Gasteiger partial charge is 0.264 e. The molecule has 118 valence electrons. The Kier molecular flexibility index (Phi) is 5.32. The first kappa shape index (κ1) is 16.2. The van der Waals surface area contributed by atoms with Crippen molar-refractivity contribution in [2.24, 2.45) is 0 Å². The quantitative estimate of drug-likeness (QED) is 0.793. The number of hydrogen-bond acceptors (Lipinski definition) is 5. The molecule has 0 saturated heterocycles. The van der Waals surface area contributed by atoms with Gasteiger partial charge in [-0.2, -0.15) is 0 Å². The van der Waals surface area contributed by atoms with E-state index >= 15 is 0 Å². The SMILES string of the molecule is CCCCOc1cnc(NS(=O)(=O)c2ccc(C)cc2)nc1. The summed E-state index contributed by atoms with van der Waals surface area (Å²) in [4.78, 5) is 8.09. The van der Waals surface area contributed by atoms with Crippen LogP contribution in [-0.2, 0) is 10.0 Å². The van der Waals surface area contributed by atoms with Crippen molar-refractivity contribution in [1.82, 2.24) is 9.97 Å². The molecular weight excluding hydrogens is 302 g/mol. The molecule has 22 heavy (non-hydrogen) atoms. The van der Waals surface area contributed by atoms with Crippen molar-refractivity contribution < 1.29 is 13.2 Å². The zero-order valence-electron chi connectivity index (χ0n) is 12.6. The third kappa shape index (κ3) is 4.42. The van der Waals surface area contributed by atoms with Crippen LogP contribution in [0.3, 0.4) is 0 Å². The monoisotopic (exact) mass is 321 g/mol. The van der Waals surface area contributed by atoms with Gasteiger partial charge in [0.2, 0.25) is 5.95 Å². The fourth-order valence-electron chi connectivity index (χ4n) is 1.67. The standard InChI is InChI=1S/C15H19N3O3S/c1-3-4-9-21-13-10-16-15(17-11-13)18-22(19,20)14-7-5-12(2)6-8-14/h5-8,10-11H,3-4,9H2,1-2H3,(H,16,17,18). The fraction of sp³-hybridized carbons (Fsp3) is 0.333. The maximum Gasteiger partial charge on any atom is 0.264 e. The minimum atomic E-state index is -3.68. The van der Waals surface area contributed by atoms with Gasteiger partial charge in [-0.3, -0.25) is 0 Å². The molecule has 0 spiro atoms. The Balaban J connectivity index is 2.05. The van der Waals surface area contributed by atoms with Crippen molar-refractivity contribution in [2.75, 3.05) is 11.3 Å². The highest BCUT2D eigenvalue weighted by molar-refractivity contribution is 7.92. The predicted octanol–water partition coefficient (Wildman–Crippen LogP) is 2.76. The number of aromatic nitrogens is 2. The normalized spacial score (nSPS) is 11.2. The summed E-state index contributed by atoms with van der Waals surface area (Å²) in [5.41, 5.74) is 0.990. The molecule has 0 aliphatic heterocycles. The van der Waals surface area contributed by atoms with Gasteiger partial charge < -0.3 is 4.74 Å². The molecule has 6 nitrogen and oxygen atoms in total. The maximum atomic E-state index is 12.2. The molecular formula is C15H19N3O3S. The lowest BCUT2D eigenvalue weighted by Gasteiger charge is -2.08. The molecule has 0 saturated carbocycles. The van der Waals surface area contributed by atoms with Crippen LogP contribution < -0.4 is 9.46 Å². The number of benzene rings is 1. The molecule has 0 bridgehead atoms. The molecule has 2 rings (SSSR count). The van der Waals surface area contributed by atoms with Crippen LogP contribution in [0.4, 0.5) is 5.95 Å². The molecule has 1 aromatic heterocycles. The van der Waals surface area contributed by atoms with E-state index in [0.29, 0.717) is 12.4 Å². The van der Waals surface area contributed by atoms with Crippen LogP contribution in [0.25, 0.3) is 0 Å². The average molecular weight is 321 g/mol. The topological polar surface area (TPSA) is 81.2 Å². The van der Waals surface area contributed by atoms with Crippen molar-refractivity contribution >= 4 is 16.0 Å². The van der Waals surface area contributed by atoms with Gasteiger partial charge in [0, 0.05) is 0 Å². The first-order chi connectivity index (χ1) is 10.5. The average Bonchev–Trinajstić information content (AvgIpc) is 2.49. The van der Waals surface area contributed by atoms with Crippen LogP contribution in [0.5, 0.6) is 5.75 Å². The summed E-state index contributed by atoms with van der Waals surface area (Å²) in [6, 6.07) is 6.56. The van der Waals surface area contributed by atoms with Gasteiger partial charge in [-0.05, 0) is 25.5 Å². The first-order valence-electron chi connectivity index (χ1n) is 7.05. The number of hydrogen-bond donors (Lipinski definition) is 1. The highest BCUT2D eigenvalue weighted by Gasteiger charge is 2.15. The van der Waals surface area contributed by atoms with Crippen molar-refractivity contribution in [3.8, 4) is 5.75 Å². The van der Waals surface area contributed by atoms with E-state index < -0.39 is 10.0 Å². The van der Waals surface area contributed by atoms with E-state index in [4.69, 9.17) is 4.74 Å². The molecule has 0 unspecified atom stereocenters. The molecule has 7 heteroatoms. The lowest BCUT2D eigenvalue weighted by molar-refractivity contribution is 0.307. The molecule has 0 atom stereocenters. The fourth-order valence-corrected chi connectivity index (χ4v) is 2.63. The largest absolute Gasteiger partial charge is 0.490 e. The van der Waals surface area contributed by atoms with Crippen LogP contribution in [0.1, 0.15) is 25.3 Å². The number of nitrogens with one attached hydrogen (secondary N) is 1. The number of nitrogens with zero attached hydrogens (tertiary/aromatic N) is 2. The van der Waals surface area contributed by atoms with E-state index in [1.807, 2.05) is 6.92 Å². The van der Waals surface area contributed by atoms with Crippen molar-refractivity contribution in [1.29, 1.82) is 0 Å². The van der Waals surface area contributed by atoms with Crippen LogP contribution >= 0.6 is 0 Å². The Labute approximate surface area is 130 Å². The second kappa shape index (κ2) is 7.22. The van der Waals surface area contributed by atoms with Crippen LogP contribution in [0.15, 0.2) is 41.6 Å². The van der Waals surface area contributed by atoms with Gasteiger partial charge in [0.25, 0.3) is 10.0 Å². The molecule has 0 radical (unpaired) electrons. The van der Waals surface area contributed by atoms with Gasteiger partial charge in [-0.1, -0.05) is 31.0 Å². The lowest BCUT2D eigenvalue weighted by atomic mass is 10.2. The molecule has 0 aliphatic carbocycles. The second-order valence-electron chi connectivity index (χ2n) is 4.86. The first-order valence-corrected chi connectivity index (χ1v) is 8.54. The van der Waals surface area contributed by atoms with Crippen molar-refractivity contribution in [2.45, 2.75) is 31.6 Å². The Morgan fingerprint density at radius 3 is 2.36 bits per heavy atom. The highest BCUT2D eigenvalue weighted by Crippen LogP contribution is 2.15. The molecule has 0 aliphatic rings. The summed E-state index contributed by atoms with van der Waals surface area (Å²) in [6.45, 7) is 4.56. The molecule has 1 aromatic carbocycles. The van der Waals surface area contributed by atoms with Gasteiger partial charge in [0.05, 0.1) is 23.9 Å². The Hall–Kier alpha value is -2.15. The van der Waals surface area contributed by atoms with Crippen LogP contribution in [-0.4, -0.2) is 25.0 Å². The zero-order chi connectivity index (χ0) is 16.0. The van der Waals surface area contributed by atoms with Gasteiger partial charge in [-0.25, -0.2) is 23.1 Å².